The molecule has 1 unspecified atom stereocenters. The highest BCUT2D eigenvalue weighted by Crippen LogP contribution is 2.42. The third-order valence-electron chi connectivity index (χ3n) is 7.46. The van der Waals surface area contributed by atoms with Crippen LogP contribution in [-0.4, -0.2) is 46.5 Å². The fourth-order valence-electron chi connectivity index (χ4n) is 5.51. The molecule has 1 fully saturated rings. The van der Waals surface area contributed by atoms with E-state index in [4.69, 9.17) is 21.6 Å². The second-order valence-electron chi connectivity index (χ2n) is 10.4. The first-order valence-electron chi connectivity index (χ1n) is 13.2. The van der Waals surface area contributed by atoms with Crippen molar-refractivity contribution in [3.63, 3.8) is 0 Å². The third-order valence-corrected chi connectivity index (χ3v) is 7.74. The Labute approximate surface area is 234 Å². The number of rotatable bonds is 5. The molecular formula is C32H32ClFN4O. The highest BCUT2D eigenvalue weighted by molar-refractivity contribution is 6.34. The van der Waals surface area contributed by atoms with E-state index < -0.39 is 0 Å². The first kappa shape index (κ1) is 26.8. The average molecular weight is 543 g/mol. The smallest absolute Gasteiger partial charge is 0.246 e. The Kier molecular flexibility index (Phi) is 7.41. The summed E-state index contributed by atoms with van der Waals surface area (Å²) < 4.78 is 14.9. The van der Waals surface area contributed by atoms with Crippen molar-refractivity contribution in [2.45, 2.75) is 39.7 Å². The summed E-state index contributed by atoms with van der Waals surface area (Å²) in [4.78, 5) is 26.5. The molecule has 3 heterocycles. The van der Waals surface area contributed by atoms with E-state index in [1.807, 2.05) is 25.1 Å². The Morgan fingerprint density at radius 1 is 1.10 bits per heavy atom. The van der Waals surface area contributed by atoms with Gasteiger partial charge in [-0.15, -0.1) is 0 Å². The van der Waals surface area contributed by atoms with Crippen LogP contribution in [0.15, 0.2) is 67.3 Å². The molecule has 5 rings (SSSR count). The molecule has 2 aromatic carbocycles. The second-order valence-corrected chi connectivity index (χ2v) is 10.8. The fraction of sp³-hybridized carbons (Fsp3) is 0.281. The zero-order chi connectivity index (χ0) is 27.8. The number of anilines is 1. The molecule has 0 bridgehead atoms. The number of halogens is 2. The molecule has 1 saturated heterocycles. The fourth-order valence-corrected chi connectivity index (χ4v) is 5.76. The zero-order valence-corrected chi connectivity index (χ0v) is 23.5. The van der Waals surface area contributed by atoms with Crippen LogP contribution in [0.3, 0.4) is 0 Å². The maximum atomic E-state index is 14.9. The summed E-state index contributed by atoms with van der Waals surface area (Å²) in [5, 5.41) is 1.16. The van der Waals surface area contributed by atoms with Crippen LogP contribution in [-0.2, 0) is 4.79 Å². The molecule has 0 aliphatic carbocycles. The van der Waals surface area contributed by atoms with Gasteiger partial charge in [0.15, 0.2) is 0 Å². The van der Waals surface area contributed by atoms with E-state index in [-0.39, 0.29) is 23.7 Å². The minimum absolute atomic E-state index is 0.0107. The average Bonchev–Trinajstić information content (AvgIpc) is 2.92. The van der Waals surface area contributed by atoms with Gasteiger partial charge in [-0.1, -0.05) is 68.4 Å². The molecular weight excluding hydrogens is 511 g/mol. The standard InChI is InChI=1S/C32H32ClFN4O/c1-6-28(39)37-15-16-38(20(4)18-37)32-25-17-26(33)30(24-13-9-10-14-27(24)34)36-31(25)29(21(5)35-32)23-12-8-7-11-22(23)19(2)3/h6-14,17,19-20H,1,15-16,18H2,2-5H3. The molecule has 200 valence electrons. The first-order chi connectivity index (χ1) is 18.7. The van der Waals surface area contributed by atoms with Gasteiger partial charge in [-0.25, -0.2) is 14.4 Å². The summed E-state index contributed by atoms with van der Waals surface area (Å²) in [6, 6.07) is 16.7. The van der Waals surface area contributed by atoms with Gasteiger partial charge in [0.25, 0.3) is 0 Å². The number of benzene rings is 2. The minimum atomic E-state index is -0.377. The molecule has 1 aliphatic heterocycles. The van der Waals surface area contributed by atoms with Crippen LogP contribution >= 0.6 is 11.6 Å². The van der Waals surface area contributed by atoms with E-state index in [1.165, 1.54) is 17.7 Å². The Balaban J connectivity index is 1.78. The van der Waals surface area contributed by atoms with Crippen LogP contribution in [0.1, 0.15) is 37.9 Å². The predicted octanol–water partition coefficient (Wildman–Crippen LogP) is 7.41. The summed E-state index contributed by atoms with van der Waals surface area (Å²) in [6.07, 6.45) is 1.36. The monoisotopic (exact) mass is 542 g/mol. The predicted molar refractivity (Wildman–Crippen MR) is 158 cm³/mol. The van der Waals surface area contributed by atoms with Crippen molar-refractivity contribution in [2.24, 2.45) is 0 Å². The molecule has 7 heteroatoms. The van der Waals surface area contributed by atoms with Crippen molar-refractivity contribution in [2.75, 3.05) is 24.5 Å². The molecule has 2 aromatic heterocycles. The number of amides is 1. The number of fused-ring (bicyclic) bond motifs is 1. The van der Waals surface area contributed by atoms with Gasteiger partial charge < -0.3 is 9.80 Å². The lowest BCUT2D eigenvalue weighted by molar-refractivity contribution is -0.126. The van der Waals surface area contributed by atoms with Crippen molar-refractivity contribution in [1.29, 1.82) is 0 Å². The first-order valence-corrected chi connectivity index (χ1v) is 13.6. The third kappa shape index (κ3) is 4.89. The molecule has 1 atom stereocenters. The van der Waals surface area contributed by atoms with E-state index >= 15 is 0 Å². The molecule has 5 nitrogen and oxygen atoms in total. The Bertz CT molecular complexity index is 1580. The van der Waals surface area contributed by atoms with E-state index in [1.54, 1.807) is 23.1 Å². The highest BCUT2D eigenvalue weighted by Gasteiger charge is 2.30. The second kappa shape index (κ2) is 10.8. The number of carbonyl (C=O) groups excluding carboxylic acids is 1. The number of aromatic nitrogens is 2. The van der Waals surface area contributed by atoms with Crippen LogP contribution in [0.2, 0.25) is 5.02 Å². The summed E-state index contributed by atoms with van der Waals surface area (Å²) in [5.74, 6) is 0.596. The minimum Gasteiger partial charge on any atom is -0.350 e. The molecule has 0 saturated carbocycles. The quantitative estimate of drug-likeness (QED) is 0.246. The molecule has 1 aliphatic rings. The van der Waals surface area contributed by atoms with Crippen LogP contribution in [0.5, 0.6) is 0 Å². The number of hydrogen-bond donors (Lipinski definition) is 0. The summed E-state index contributed by atoms with van der Waals surface area (Å²) in [6.45, 7) is 13.8. The molecule has 4 aromatic rings. The number of aryl methyl sites for hydroxylation is 1. The van der Waals surface area contributed by atoms with Crippen LogP contribution in [0.4, 0.5) is 10.2 Å². The lowest BCUT2D eigenvalue weighted by Gasteiger charge is -2.41. The van der Waals surface area contributed by atoms with Crippen molar-refractivity contribution in [3.05, 3.63) is 89.3 Å². The van der Waals surface area contributed by atoms with Gasteiger partial charge in [0, 0.05) is 47.9 Å². The summed E-state index contributed by atoms with van der Waals surface area (Å²) in [7, 11) is 0. The van der Waals surface area contributed by atoms with E-state index in [0.29, 0.717) is 35.9 Å². The normalized spacial score (nSPS) is 15.7. The number of nitrogens with zero attached hydrogens (tertiary/aromatic N) is 4. The Hall–Kier alpha value is -3.77. The van der Waals surface area contributed by atoms with Crippen LogP contribution in [0, 0.1) is 12.7 Å². The topological polar surface area (TPSA) is 49.3 Å². The Morgan fingerprint density at radius 3 is 2.46 bits per heavy atom. The molecule has 0 spiro atoms. The van der Waals surface area contributed by atoms with E-state index in [9.17, 15) is 9.18 Å². The van der Waals surface area contributed by atoms with Crippen molar-refractivity contribution in [3.8, 4) is 22.4 Å². The summed E-state index contributed by atoms with van der Waals surface area (Å²) in [5.41, 5.74) is 5.47. The van der Waals surface area contributed by atoms with E-state index in [0.717, 1.165) is 33.5 Å². The largest absolute Gasteiger partial charge is 0.350 e. The van der Waals surface area contributed by atoms with Gasteiger partial charge in [-0.2, -0.15) is 0 Å². The van der Waals surface area contributed by atoms with E-state index in [2.05, 4.69) is 44.4 Å². The lowest BCUT2D eigenvalue weighted by Crippen LogP contribution is -2.53. The van der Waals surface area contributed by atoms with Crippen LogP contribution in [0.25, 0.3) is 33.3 Å². The number of pyridine rings is 2. The number of piperazine rings is 1. The number of hydrogen-bond acceptors (Lipinski definition) is 4. The Morgan fingerprint density at radius 2 is 1.79 bits per heavy atom. The lowest BCUT2D eigenvalue weighted by atomic mass is 9.90. The SMILES string of the molecule is C=CC(=O)N1CCN(c2nc(C)c(-c3ccccc3C(C)C)c3nc(-c4ccccc4F)c(Cl)cc23)C(C)C1. The zero-order valence-electron chi connectivity index (χ0n) is 22.7. The molecule has 1 amide bonds. The van der Waals surface area contributed by atoms with Gasteiger partial charge in [-0.05, 0) is 55.2 Å². The maximum absolute atomic E-state index is 14.9. The van der Waals surface area contributed by atoms with Gasteiger partial charge >= 0.3 is 0 Å². The maximum Gasteiger partial charge on any atom is 0.246 e. The van der Waals surface area contributed by atoms with Gasteiger partial charge in [0.1, 0.15) is 11.6 Å². The molecule has 0 N–H and O–H groups in total. The van der Waals surface area contributed by atoms with Crippen molar-refractivity contribution in [1.82, 2.24) is 14.9 Å². The number of carbonyl (C=O) groups is 1. The van der Waals surface area contributed by atoms with Crippen molar-refractivity contribution >= 4 is 34.2 Å². The molecule has 0 radical (unpaired) electrons. The van der Waals surface area contributed by atoms with Gasteiger partial charge in [0.2, 0.25) is 5.91 Å². The van der Waals surface area contributed by atoms with Gasteiger partial charge in [-0.3, -0.25) is 4.79 Å². The van der Waals surface area contributed by atoms with Crippen molar-refractivity contribution < 1.29 is 9.18 Å². The highest BCUT2D eigenvalue weighted by atomic mass is 35.5. The van der Waals surface area contributed by atoms with Gasteiger partial charge in [0.05, 0.1) is 16.2 Å². The van der Waals surface area contributed by atoms with Crippen LogP contribution < -0.4 is 4.90 Å². The molecule has 39 heavy (non-hydrogen) atoms. The summed E-state index contributed by atoms with van der Waals surface area (Å²) >= 11 is 6.82.